The Balaban J connectivity index is 4.28. The molecule has 0 aromatic carbocycles. The van der Waals surface area contributed by atoms with Crippen molar-refractivity contribution in [1.29, 1.82) is 0 Å². The van der Waals surface area contributed by atoms with Crippen LogP contribution in [0, 0.1) is 13.8 Å². The summed E-state index contributed by atoms with van der Waals surface area (Å²) in [6, 6.07) is 0. The Morgan fingerprint density at radius 2 is 1.69 bits per heavy atom. The molecule has 0 fully saturated rings. The van der Waals surface area contributed by atoms with Crippen molar-refractivity contribution in [2.75, 3.05) is 26.7 Å². The summed E-state index contributed by atoms with van der Waals surface area (Å²) in [6.07, 6.45) is 5.92. The van der Waals surface area contributed by atoms with Gasteiger partial charge in [-0.2, -0.15) is 0 Å². The lowest BCUT2D eigenvalue weighted by Crippen LogP contribution is -2.35. The minimum absolute atomic E-state index is 0.0405. The number of unbranched alkanes of at least 4 members (excludes halogenated alkanes) is 5. The number of carbonyl (C=O) groups is 2. The van der Waals surface area contributed by atoms with Gasteiger partial charge in [-0.25, -0.2) is 4.79 Å². The molecule has 0 aliphatic rings. The fourth-order valence-electron chi connectivity index (χ4n) is 2.47. The first-order chi connectivity index (χ1) is 12.4. The van der Waals surface area contributed by atoms with E-state index in [1.165, 1.54) is 25.7 Å². The van der Waals surface area contributed by atoms with Gasteiger partial charge in [-0.3, -0.25) is 4.79 Å². The van der Waals surface area contributed by atoms with Crippen molar-refractivity contribution in [3.8, 4) is 0 Å². The predicted octanol–water partition coefficient (Wildman–Crippen LogP) is 3.75. The SMILES string of the molecule is [CH2]C([CH2])OC(=O)CC(CCCCCCCC)OC(=O)NCCN(C)CC. The lowest BCUT2D eigenvalue weighted by Gasteiger charge is -2.19. The van der Waals surface area contributed by atoms with E-state index < -0.39 is 24.3 Å². The summed E-state index contributed by atoms with van der Waals surface area (Å²) in [5, 5.41) is 2.73. The number of hydrogen-bond donors (Lipinski definition) is 1. The maximum Gasteiger partial charge on any atom is 0.407 e. The van der Waals surface area contributed by atoms with Crippen molar-refractivity contribution >= 4 is 12.1 Å². The van der Waals surface area contributed by atoms with E-state index in [4.69, 9.17) is 9.47 Å². The van der Waals surface area contributed by atoms with E-state index in [-0.39, 0.29) is 6.42 Å². The largest absolute Gasteiger partial charge is 0.462 e. The average Bonchev–Trinajstić information content (AvgIpc) is 2.56. The molecule has 0 heterocycles. The number of amides is 1. The maximum atomic E-state index is 12.0. The summed E-state index contributed by atoms with van der Waals surface area (Å²) in [5.74, 6) is -0.436. The third-order valence-electron chi connectivity index (χ3n) is 4.15. The number of esters is 1. The Morgan fingerprint density at radius 1 is 1.04 bits per heavy atom. The fraction of sp³-hybridized carbons (Fsp3) is 0.800. The van der Waals surface area contributed by atoms with Crippen LogP contribution in [0.4, 0.5) is 4.79 Å². The average molecular weight is 371 g/mol. The zero-order valence-electron chi connectivity index (χ0n) is 16.9. The van der Waals surface area contributed by atoms with Crippen molar-refractivity contribution in [3.05, 3.63) is 13.8 Å². The van der Waals surface area contributed by atoms with E-state index in [1.54, 1.807) is 0 Å². The first-order valence-electron chi connectivity index (χ1n) is 9.87. The van der Waals surface area contributed by atoms with E-state index in [2.05, 4.69) is 37.9 Å². The highest BCUT2D eigenvalue weighted by molar-refractivity contribution is 5.72. The van der Waals surface area contributed by atoms with Gasteiger partial charge in [-0.15, -0.1) is 0 Å². The number of hydrogen-bond acceptors (Lipinski definition) is 5. The van der Waals surface area contributed by atoms with Crippen LogP contribution in [0.2, 0.25) is 0 Å². The molecule has 0 saturated heterocycles. The molecule has 0 aliphatic heterocycles. The summed E-state index contributed by atoms with van der Waals surface area (Å²) in [5.41, 5.74) is 0. The third kappa shape index (κ3) is 15.0. The summed E-state index contributed by atoms with van der Waals surface area (Å²) in [7, 11) is 1.98. The Kier molecular flexibility index (Phi) is 15.1. The van der Waals surface area contributed by atoms with Gasteiger partial charge in [0, 0.05) is 13.1 Å². The normalized spacial score (nSPS) is 12.3. The molecule has 0 aromatic rings. The molecular formula is C20H38N2O4. The molecule has 0 aliphatic carbocycles. The highest BCUT2D eigenvalue weighted by atomic mass is 16.6. The lowest BCUT2D eigenvalue weighted by molar-refractivity contribution is -0.147. The summed E-state index contributed by atoms with van der Waals surface area (Å²) in [6.45, 7) is 13.5. The van der Waals surface area contributed by atoms with Gasteiger partial charge in [0.1, 0.15) is 12.2 Å². The van der Waals surface area contributed by atoms with Crippen LogP contribution in [0.5, 0.6) is 0 Å². The molecule has 1 amide bonds. The minimum Gasteiger partial charge on any atom is -0.462 e. The summed E-state index contributed by atoms with van der Waals surface area (Å²) >= 11 is 0. The van der Waals surface area contributed by atoms with Crippen molar-refractivity contribution < 1.29 is 19.1 Å². The number of ether oxygens (including phenoxy) is 2. The van der Waals surface area contributed by atoms with Gasteiger partial charge in [-0.05, 0) is 40.3 Å². The molecule has 2 radical (unpaired) electrons. The molecule has 0 bridgehead atoms. The van der Waals surface area contributed by atoms with Crippen LogP contribution in [0.25, 0.3) is 0 Å². The molecule has 0 rings (SSSR count). The van der Waals surface area contributed by atoms with Crippen molar-refractivity contribution in [1.82, 2.24) is 10.2 Å². The molecule has 0 saturated carbocycles. The topological polar surface area (TPSA) is 67.9 Å². The van der Waals surface area contributed by atoms with Crippen LogP contribution < -0.4 is 5.32 Å². The molecule has 0 aromatic heterocycles. The van der Waals surface area contributed by atoms with Gasteiger partial charge >= 0.3 is 12.1 Å². The zero-order valence-corrected chi connectivity index (χ0v) is 16.9. The van der Waals surface area contributed by atoms with Gasteiger partial charge < -0.3 is 19.7 Å². The van der Waals surface area contributed by atoms with E-state index >= 15 is 0 Å². The number of rotatable bonds is 15. The molecule has 6 nitrogen and oxygen atoms in total. The second-order valence-corrected chi connectivity index (χ2v) is 6.72. The van der Waals surface area contributed by atoms with Gasteiger partial charge in [0.15, 0.2) is 0 Å². The Hall–Kier alpha value is -1.30. The Bertz CT molecular complexity index is 375. The first-order valence-corrected chi connectivity index (χ1v) is 9.87. The van der Waals surface area contributed by atoms with Gasteiger partial charge in [0.25, 0.3) is 0 Å². The smallest absolute Gasteiger partial charge is 0.407 e. The van der Waals surface area contributed by atoms with Gasteiger partial charge in [0.2, 0.25) is 0 Å². The highest BCUT2D eigenvalue weighted by Crippen LogP contribution is 2.14. The number of nitrogens with one attached hydrogen (secondary N) is 1. The molecule has 1 unspecified atom stereocenters. The quantitative estimate of drug-likeness (QED) is 0.351. The van der Waals surface area contributed by atoms with E-state index in [0.717, 1.165) is 25.9 Å². The summed E-state index contributed by atoms with van der Waals surface area (Å²) in [4.78, 5) is 25.9. The first kappa shape index (κ1) is 24.7. The third-order valence-corrected chi connectivity index (χ3v) is 4.15. The number of alkyl carbamates (subject to hydrolysis) is 1. The van der Waals surface area contributed by atoms with Crippen molar-refractivity contribution in [3.63, 3.8) is 0 Å². The van der Waals surface area contributed by atoms with Crippen LogP contribution >= 0.6 is 0 Å². The van der Waals surface area contributed by atoms with E-state index in [9.17, 15) is 9.59 Å². The Morgan fingerprint density at radius 3 is 2.31 bits per heavy atom. The fourth-order valence-corrected chi connectivity index (χ4v) is 2.47. The molecule has 1 N–H and O–H groups in total. The highest BCUT2D eigenvalue weighted by Gasteiger charge is 2.20. The van der Waals surface area contributed by atoms with Crippen molar-refractivity contribution in [2.24, 2.45) is 0 Å². The van der Waals surface area contributed by atoms with Gasteiger partial charge in [-0.1, -0.05) is 46.0 Å². The summed E-state index contributed by atoms with van der Waals surface area (Å²) < 4.78 is 10.4. The standard InChI is InChI=1S/C20H38N2O4/c1-6-8-9-10-11-12-13-18(16-19(23)25-17(3)4)26-20(24)21-14-15-22(5)7-2/h17-18H,3-4,6-16H2,1-2,5H3,(H,21,24). The van der Waals surface area contributed by atoms with E-state index in [0.29, 0.717) is 13.0 Å². The lowest BCUT2D eigenvalue weighted by atomic mass is 10.1. The number of carbonyl (C=O) groups excluding carboxylic acids is 2. The maximum absolute atomic E-state index is 12.0. The van der Waals surface area contributed by atoms with Crippen LogP contribution in [-0.4, -0.2) is 55.9 Å². The van der Waals surface area contributed by atoms with E-state index in [1.807, 2.05) is 7.05 Å². The second kappa shape index (κ2) is 15.9. The molecule has 26 heavy (non-hydrogen) atoms. The minimum atomic E-state index is -0.657. The van der Waals surface area contributed by atoms with Crippen molar-refractivity contribution in [2.45, 2.75) is 77.4 Å². The molecule has 1 atom stereocenters. The molecule has 6 heteroatoms. The van der Waals surface area contributed by atoms with Crippen LogP contribution in [0.1, 0.15) is 65.2 Å². The number of nitrogens with zero attached hydrogens (tertiary/aromatic N) is 1. The van der Waals surface area contributed by atoms with Crippen LogP contribution in [0.15, 0.2) is 0 Å². The molecular weight excluding hydrogens is 332 g/mol. The van der Waals surface area contributed by atoms with Crippen LogP contribution in [-0.2, 0) is 14.3 Å². The monoisotopic (exact) mass is 370 g/mol. The molecule has 0 spiro atoms. The van der Waals surface area contributed by atoms with Gasteiger partial charge in [0.05, 0.1) is 6.42 Å². The predicted molar refractivity (Wildman–Crippen MR) is 105 cm³/mol. The second-order valence-electron chi connectivity index (χ2n) is 6.72. The number of likely N-dealkylation sites (N-methyl/N-ethyl adjacent to an activating group) is 1. The Labute approximate surface area is 160 Å². The molecule has 152 valence electrons. The zero-order chi connectivity index (χ0) is 19.8. The van der Waals surface area contributed by atoms with Crippen LogP contribution in [0.3, 0.4) is 0 Å².